The van der Waals surface area contributed by atoms with Gasteiger partial charge in [0, 0.05) is 92.6 Å². The number of rotatable bonds is 14. The van der Waals surface area contributed by atoms with Gasteiger partial charge in [-0.15, -0.1) is 0 Å². The number of ether oxygens (including phenoxy) is 2. The summed E-state index contributed by atoms with van der Waals surface area (Å²) in [5.41, 5.74) is 10.4. The largest absolute Gasteiger partial charge is 0.496 e. The minimum absolute atomic E-state index is 0. The van der Waals surface area contributed by atoms with Crippen molar-refractivity contribution in [3.63, 3.8) is 0 Å². The molecule has 0 saturated carbocycles. The Hall–Kier alpha value is -9.66. The number of hydrogen-bond donors (Lipinski definition) is 4. The van der Waals surface area contributed by atoms with Crippen molar-refractivity contribution in [1.82, 2.24) is 34.9 Å². The average molecular weight is 1130 g/mol. The maximum absolute atomic E-state index is 13.5. The summed E-state index contributed by atoms with van der Waals surface area (Å²) in [5.74, 6) is 0.248. The third-order valence-corrected chi connectivity index (χ3v) is 14.2. The van der Waals surface area contributed by atoms with Crippen LogP contribution in [0.4, 0.5) is 0 Å². The number of ketones is 2. The van der Waals surface area contributed by atoms with Crippen LogP contribution in [0.2, 0.25) is 0 Å². The number of nitrogens with zero attached hydrogens (tertiary/aromatic N) is 4. The van der Waals surface area contributed by atoms with Gasteiger partial charge in [0.2, 0.25) is 0 Å². The maximum Gasteiger partial charge on any atom is 0.295 e. The van der Waals surface area contributed by atoms with Gasteiger partial charge in [0.05, 0.1) is 60.2 Å². The number of benzene rings is 5. The van der Waals surface area contributed by atoms with E-state index in [9.17, 15) is 33.6 Å². The van der Waals surface area contributed by atoms with Gasteiger partial charge in [-0.3, -0.25) is 33.6 Å². The number of nitrogens with two attached hydrogens (primary N) is 1. The van der Waals surface area contributed by atoms with Crippen LogP contribution in [0.5, 0.6) is 11.5 Å². The van der Waals surface area contributed by atoms with Crippen molar-refractivity contribution in [1.29, 1.82) is 0 Å². The Morgan fingerprint density at radius 3 is 1.27 bits per heavy atom. The average Bonchev–Trinajstić information content (AvgIpc) is 4.46. The number of fused-ring (bicyclic) bond motifs is 2. The first kappa shape index (κ1) is 58.5. The van der Waals surface area contributed by atoms with Crippen molar-refractivity contribution in [3.05, 3.63) is 191 Å². The molecule has 0 radical (unpaired) electrons. The first-order valence-electron chi connectivity index (χ1n) is 25.9. The van der Waals surface area contributed by atoms with E-state index in [0.29, 0.717) is 105 Å². The van der Waals surface area contributed by atoms with Gasteiger partial charge in [0.1, 0.15) is 34.5 Å². The summed E-state index contributed by atoms with van der Waals surface area (Å²) in [6.07, 6.45) is 3.04. The zero-order chi connectivity index (χ0) is 55.9. The van der Waals surface area contributed by atoms with Crippen LogP contribution in [-0.4, -0.2) is 137 Å². The van der Waals surface area contributed by atoms with Crippen LogP contribution in [-0.2, 0) is 22.7 Å². The van der Waals surface area contributed by atoms with Gasteiger partial charge < -0.3 is 58.9 Å². The standard InChI is InChI=1S/C34H30N4O6.C27H26N4O5.CH4.H2S/c1-43-28-15-13-25(27-14-12-24(44-27)20-36-32(40)22-8-4-2-5-9-22)30-29(28)26(21-35-30)31(39)34(42)38-18-16-37(17-19-38)33(41)23-10-6-3-7-11-23;1-35-22-10-8-19(21-9-7-18(15-28)36-21)24-23(22)20(16-29-24)25(32)27(34)31-13-11-30(12-14-31)26(33)17-5-3-2-4-6-17;;/h2-15,21,35H,16-20H2,1H3,(H,36,40);2-10,16,29H,11-15,28H2,1H3;1H4;1H2. The molecule has 5 aromatic carbocycles. The fourth-order valence-corrected chi connectivity index (χ4v) is 9.92. The molecule has 0 aliphatic carbocycles. The second-order valence-corrected chi connectivity index (χ2v) is 18.9. The van der Waals surface area contributed by atoms with Gasteiger partial charge in [0.15, 0.2) is 0 Å². The highest BCUT2D eigenvalue weighted by Crippen LogP contribution is 2.39. The first-order valence-corrected chi connectivity index (χ1v) is 25.9. The molecule has 0 bridgehead atoms. The second kappa shape index (κ2) is 26.1. The Morgan fingerprint density at radius 2 is 0.878 bits per heavy atom. The van der Waals surface area contributed by atoms with Gasteiger partial charge in [-0.2, -0.15) is 13.5 Å². The molecule has 2 aliphatic rings. The molecular formula is C62H62N8O11S. The van der Waals surface area contributed by atoms with E-state index in [0.717, 1.165) is 5.56 Å². The van der Waals surface area contributed by atoms with Gasteiger partial charge in [-0.1, -0.05) is 62.0 Å². The number of aromatic nitrogens is 2. The monoisotopic (exact) mass is 1130 g/mol. The van der Waals surface area contributed by atoms with E-state index in [4.69, 9.17) is 24.0 Å². The highest BCUT2D eigenvalue weighted by Gasteiger charge is 2.33. The zero-order valence-electron chi connectivity index (χ0n) is 44.4. The number of aromatic amines is 2. The Morgan fingerprint density at radius 1 is 0.500 bits per heavy atom. The summed E-state index contributed by atoms with van der Waals surface area (Å²) in [6.45, 7) is 2.91. The van der Waals surface area contributed by atoms with Crippen molar-refractivity contribution in [2.75, 3.05) is 66.6 Å². The maximum atomic E-state index is 13.5. The Bertz CT molecular complexity index is 3760. The molecule has 4 aromatic heterocycles. The summed E-state index contributed by atoms with van der Waals surface area (Å²) < 4.78 is 22.9. The fraction of sp³-hybridized carbons (Fsp3) is 0.210. The molecule has 9 aromatic rings. The lowest BCUT2D eigenvalue weighted by atomic mass is 10.0. The number of methoxy groups -OCH3 is 2. The van der Waals surface area contributed by atoms with E-state index in [1.54, 1.807) is 88.7 Å². The summed E-state index contributed by atoms with van der Waals surface area (Å²) in [5, 5.41) is 3.83. The molecule has 5 N–H and O–H groups in total. The van der Waals surface area contributed by atoms with E-state index >= 15 is 0 Å². The van der Waals surface area contributed by atoms with Crippen molar-refractivity contribution >= 4 is 76.4 Å². The predicted molar refractivity (Wildman–Crippen MR) is 314 cm³/mol. The highest BCUT2D eigenvalue weighted by molar-refractivity contribution is 7.59. The molecule has 20 heteroatoms. The third kappa shape index (κ3) is 12.1. The SMILES string of the molecule is C.COc1ccc(-c2ccc(CN)o2)c2[nH]cc(C(=O)C(=O)N3CCN(C(=O)c4ccccc4)CC3)c12.COc1ccc(-c2ccc(CNC(=O)c3ccccc3)o2)c2[nH]cc(C(=O)C(=O)N3CCN(C(=O)c4ccccc4)CC3)c12.S. The molecule has 2 fully saturated rings. The van der Waals surface area contributed by atoms with E-state index in [2.05, 4.69) is 15.3 Å². The summed E-state index contributed by atoms with van der Waals surface area (Å²) in [4.78, 5) is 104. The topological polar surface area (TPSA) is 247 Å². The molecule has 0 spiro atoms. The summed E-state index contributed by atoms with van der Waals surface area (Å²) in [6, 6.07) is 41.2. The summed E-state index contributed by atoms with van der Waals surface area (Å²) in [7, 11) is 3.01. The number of carbonyl (C=O) groups excluding carboxylic acids is 7. The zero-order valence-corrected chi connectivity index (χ0v) is 45.4. The molecule has 82 heavy (non-hydrogen) atoms. The van der Waals surface area contributed by atoms with Crippen LogP contribution in [0.1, 0.15) is 70.7 Å². The summed E-state index contributed by atoms with van der Waals surface area (Å²) >= 11 is 0. The first-order chi connectivity index (χ1) is 39.0. The lowest BCUT2D eigenvalue weighted by molar-refractivity contribution is -0.128. The van der Waals surface area contributed by atoms with Gasteiger partial charge in [-0.05, 0) is 84.9 Å². The minimum Gasteiger partial charge on any atom is -0.496 e. The molecule has 2 aliphatic heterocycles. The van der Waals surface area contributed by atoms with Crippen LogP contribution < -0.4 is 20.5 Å². The lowest BCUT2D eigenvalue weighted by Gasteiger charge is -2.34. The number of piperazine rings is 2. The number of amides is 5. The van der Waals surface area contributed by atoms with Crippen molar-refractivity contribution in [2.45, 2.75) is 20.5 Å². The third-order valence-electron chi connectivity index (χ3n) is 14.2. The van der Waals surface area contributed by atoms with Gasteiger partial charge in [-0.25, -0.2) is 0 Å². The van der Waals surface area contributed by atoms with Crippen molar-refractivity contribution in [2.24, 2.45) is 5.73 Å². The molecule has 422 valence electrons. The van der Waals surface area contributed by atoms with Crippen molar-refractivity contribution in [3.8, 4) is 34.1 Å². The van der Waals surface area contributed by atoms with Gasteiger partial charge >= 0.3 is 0 Å². The smallest absolute Gasteiger partial charge is 0.295 e. The van der Waals surface area contributed by atoms with Crippen LogP contribution in [0.25, 0.3) is 44.5 Å². The Labute approximate surface area is 479 Å². The van der Waals surface area contributed by atoms with Crippen LogP contribution in [0, 0.1) is 0 Å². The Kier molecular flexibility index (Phi) is 18.6. The van der Waals surface area contributed by atoms with Crippen molar-refractivity contribution < 1.29 is 51.9 Å². The highest BCUT2D eigenvalue weighted by atomic mass is 32.1. The van der Waals surface area contributed by atoms with Crippen LogP contribution >= 0.6 is 13.5 Å². The molecule has 11 rings (SSSR count). The van der Waals surface area contributed by atoms with E-state index in [-0.39, 0.29) is 89.0 Å². The molecule has 6 heterocycles. The molecule has 0 unspecified atom stereocenters. The lowest BCUT2D eigenvalue weighted by Crippen LogP contribution is -2.52. The quantitative estimate of drug-likeness (QED) is 0.0593. The van der Waals surface area contributed by atoms with Gasteiger partial charge in [0.25, 0.3) is 41.1 Å². The van der Waals surface area contributed by atoms with Crippen LogP contribution in [0.15, 0.2) is 161 Å². The molecule has 5 amide bonds. The number of Topliss-reactive ketones (excluding diaryl/α,β-unsaturated/α-hetero) is 2. The normalized spacial score (nSPS) is 13.1. The predicted octanol–water partition coefficient (Wildman–Crippen LogP) is 8.35. The van der Waals surface area contributed by atoms with E-state index in [1.165, 1.54) is 36.4 Å². The Balaban J connectivity index is 0.000000214. The number of nitrogens with one attached hydrogen (secondary N) is 3. The minimum atomic E-state index is -0.668. The van der Waals surface area contributed by atoms with Crippen LogP contribution in [0.3, 0.4) is 0 Å². The number of carbonyl (C=O) groups is 7. The number of H-pyrrole nitrogens is 2. The number of furan rings is 2. The molecular weight excluding hydrogens is 1060 g/mol. The number of hydrogen-bond acceptors (Lipinski definition) is 12. The molecule has 0 atom stereocenters. The molecule has 19 nitrogen and oxygen atoms in total. The fourth-order valence-electron chi connectivity index (χ4n) is 9.92. The van der Waals surface area contributed by atoms with E-state index in [1.807, 2.05) is 60.7 Å². The second-order valence-electron chi connectivity index (χ2n) is 18.9. The van der Waals surface area contributed by atoms with E-state index < -0.39 is 23.4 Å². The molecule has 2 saturated heterocycles.